The number of carbonyl (C=O) groups excluding carboxylic acids is 2. The van der Waals surface area contributed by atoms with Gasteiger partial charge in [0.05, 0.1) is 12.0 Å². The summed E-state index contributed by atoms with van der Waals surface area (Å²) in [5.41, 5.74) is 7.02. The first-order valence-electron chi connectivity index (χ1n) is 10.5. The van der Waals surface area contributed by atoms with Crippen LogP contribution in [0.2, 0.25) is 0 Å². The van der Waals surface area contributed by atoms with Crippen LogP contribution >= 0.6 is 0 Å². The van der Waals surface area contributed by atoms with E-state index in [0.29, 0.717) is 5.92 Å². The lowest BCUT2D eigenvalue weighted by atomic mass is 9.94. The predicted octanol–water partition coefficient (Wildman–Crippen LogP) is -0.454. The Morgan fingerprint density at radius 3 is 2.17 bits per heavy atom. The standard InChI is InChI=1S/C24H31N3O2.ClH/c1-16(2)17-11-13-19(14-12-17)23(18-7-4-3-5-8-18)27-24(29)20-9-6-10-21(20)26-22(28)15-25;/h3-5,7-8,11-14,16,20-21,23H,6,9-10,15,25H2,1-2H3,(H,26,28)(H,27,29);1H/t20-,21+,23+;/m1./s1. The molecule has 0 aliphatic heterocycles. The van der Waals surface area contributed by atoms with Crippen LogP contribution in [0.1, 0.15) is 61.8 Å². The van der Waals surface area contributed by atoms with Crippen LogP contribution in [0.25, 0.3) is 0 Å². The predicted molar refractivity (Wildman–Crippen MR) is 114 cm³/mol. The van der Waals surface area contributed by atoms with Crippen LogP contribution < -0.4 is 28.8 Å². The minimum Gasteiger partial charge on any atom is -1.00 e. The third kappa shape index (κ3) is 5.83. The minimum absolute atomic E-state index is 0. The van der Waals surface area contributed by atoms with Gasteiger partial charge in [0.1, 0.15) is 0 Å². The average Bonchev–Trinajstić information content (AvgIpc) is 3.20. The molecule has 5 nitrogen and oxygen atoms in total. The monoisotopic (exact) mass is 429 g/mol. The second kappa shape index (κ2) is 11.1. The second-order valence-electron chi connectivity index (χ2n) is 8.14. The molecule has 1 saturated carbocycles. The lowest BCUT2D eigenvalue weighted by Crippen LogP contribution is -3.00. The third-order valence-electron chi connectivity index (χ3n) is 5.78. The fourth-order valence-electron chi connectivity index (χ4n) is 4.05. The number of rotatable bonds is 7. The van der Waals surface area contributed by atoms with Crippen LogP contribution in [0.5, 0.6) is 0 Å². The summed E-state index contributed by atoms with van der Waals surface area (Å²) >= 11 is 0. The Morgan fingerprint density at radius 1 is 0.967 bits per heavy atom. The van der Waals surface area contributed by atoms with Crippen LogP contribution in [0.15, 0.2) is 54.6 Å². The summed E-state index contributed by atoms with van der Waals surface area (Å²) in [6.45, 7) is 4.54. The quantitative estimate of drug-likeness (QED) is 0.556. The van der Waals surface area contributed by atoms with Gasteiger partial charge in [-0.1, -0.05) is 74.9 Å². The SMILES string of the molecule is CC(C)c1ccc([C@@H](NC(=O)[C@@H]2CCC[C@@H]2NC(=O)C[NH3+])c2ccccc2)cc1.[Cl-]. The van der Waals surface area contributed by atoms with Gasteiger partial charge >= 0.3 is 0 Å². The summed E-state index contributed by atoms with van der Waals surface area (Å²) in [4.78, 5) is 25.0. The maximum Gasteiger partial charge on any atom is 0.275 e. The molecule has 2 aromatic carbocycles. The van der Waals surface area contributed by atoms with Gasteiger partial charge < -0.3 is 28.8 Å². The van der Waals surface area contributed by atoms with Crippen molar-refractivity contribution in [2.24, 2.45) is 5.92 Å². The molecule has 1 aliphatic carbocycles. The molecule has 2 aromatic rings. The number of nitrogens with one attached hydrogen (secondary N) is 2. The van der Waals surface area contributed by atoms with E-state index in [9.17, 15) is 9.59 Å². The Bertz CT molecular complexity index is 824. The van der Waals surface area contributed by atoms with Crippen molar-refractivity contribution in [1.29, 1.82) is 0 Å². The van der Waals surface area contributed by atoms with Crippen LogP contribution in [0.4, 0.5) is 0 Å². The van der Waals surface area contributed by atoms with Crippen molar-refractivity contribution in [3.8, 4) is 0 Å². The molecule has 2 amide bonds. The van der Waals surface area contributed by atoms with Crippen LogP contribution in [0, 0.1) is 5.92 Å². The Balaban J connectivity index is 0.00000320. The first-order valence-corrected chi connectivity index (χ1v) is 10.5. The largest absolute Gasteiger partial charge is 1.00 e. The lowest BCUT2D eigenvalue weighted by molar-refractivity contribution is -0.355. The average molecular weight is 430 g/mol. The van der Waals surface area contributed by atoms with Crippen molar-refractivity contribution < 1.29 is 27.7 Å². The first kappa shape index (κ1) is 23.9. The Hall–Kier alpha value is -2.37. The van der Waals surface area contributed by atoms with Gasteiger partial charge in [0.2, 0.25) is 5.91 Å². The third-order valence-corrected chi connectivity index (χ3v) is 5.78. The number of carbonyl (C=O) groups is 2. The Kier molecular flexibility index (Phi) is 8.88. The fraction of sp³-hybridized carbons (Fsp3) is 0.417. The highest BCUT2D eigenvalue weighted by molar-refractivity contribution is 5.83. The molecular weight excluding hydrogens is 398 g/mol. The fourth-order valence-corrected chi connectivity index (χ4v) is 4.05. The minimum atomic E-state index is -0.213. The van der Waals surface area contributed by atoms with Crippen molar-refractivity contribution >= 4 is 11.8 Å². The molecule has 0 bridgehead atoms. The second-order valence-corrected chi connectivity index (χ2v) is 8.14. The molecule has 3 atom stereocenters. The molecule has 0 radical (unpaired) electrons. The summed E-state index contributed by atoms with van der Waals surface area (Å²) in [5, 5.41) is 6.23. The van der Waals surface area contributed by atoms with Gasteiger partial charge in [0.25, 0.3) is 5.91 Å². The number of hydrogen-bond acceptors (Lipinski definition) is 2. The number of hydrogen-bond donors (Lipinski definition) is 3. The molecule has 1 aliphatic rings. The van der Waals surface area contributed by atoms with Crippen molar-refractivity contribution in [3.63, 3.8) is 0 Å². The van der Waals surface area contributed by atoms with Crippen LogP contribution in [-0.4, -0.2) is 24.4 Å². The van der Waals surface area contributed by atoms with Gasteiger partial charge in [-0.3, -0.25) is 9.59 Å². The highest BCUT2D eigenvalue weighted by Gasteiger charge is 2.35. The Morgan fingerprint density at radius 2 is 1.57 bits per heavy atom. The summed E-state index contributed by atoms with van der Waals surface area (Å²) < 4.78 is 0. The van der Waals surface area contributed by atoms with Crippen molar-refractivity contribution in [3.05, 3.63) is 71.3 Å². The molecule has 6 heteroatoms. The van der Waals surface area contributed by atoms with Gasteiger partial charge in [-0.05, 0) is 35.4 Å². The van der Waals surface area contributed by atoms with Gasteiger partial charge in [-0.15, -0.1) is 0 Å². The maximum absolute atomic E-state index is 13.2. The summed E-state index contributed by atoms with van der Waals surface area (Å²) in [7, 11) is 0. The molecular formula is C24H32ClN3O2. The van der Waals surface area contributed by atoms with E-state index in [1.807, 2.05) is 30.3 Å². The number of benzene rings is 2. The van der Waals surface area contributed by atoms with E-state index in [0.717, 1.165) is 30.4 Å². The van der Waals surface area contributed by atoms with Gasteiger partial charge in [-0.2, -0.15) is 0 Å². The molecule has 162 valence electrons. The van der Waals surface area contributed by atoms with E-state index >= 15 is 0 Å². The first-order chi connectivity index (χ1) is 14.0. The highest BCUT2D eigenvalue weighted by atomic mass is 35.5. The smallest absolute Gasteiger partial charge is 0.275 e. The van der Waals surface area contributed by atoms with Gasteiger partial charge in [0, 0.05) is 6.04 Å². The summed E-state index contributed by atoms with van der Waals surface area (Å²) in [6, 6.07) is 18.2. The van der Waals surface area contributed by atoms with E-state index in [-0.39, 0.29) is 48.8 Å². The van der Waals surface area contributed by atoms with Crippen molar-refractivity contribution in [1.82, 2.24) is 10.6 Å². The normalized spacial score (nSPS) is 19.1. The molecule has 5 N–H and O–H groups in total. The topological polar surface area (TPSA) is 85.8 Å². The van der Waals surface area contributed by atoms with Crippen LogP contribution in [0.3, 0.4) is 0 Å². The van der Waals surface area contributed by atoms with Gasteiger partial charge in [0.15, 0.2) is 6.54 Å². The molecule has 1 fully saturated rings. The van der Waals surface area contributed by atoms with E-state index in [2.05, 4.69) is 54.5 Å². The summed E-state index contributed by atoms with van der Waals surface area (Å²) in [5.74, 6) is 0.161. The van der Waals surface area contributed by atoms with Crippen molar-refractivity contribution in [2.75, 3.05) is 6.54 Å². The lowest BCUT2D eigenvalue weighted by Gasteiger charge is -2.25. The van der Waals surface area contributed by atoms with E-state index < -0.39 is 0 Å². The zero-order valence-corrected chi connectivity index (χ0v) is 18.5. The van der Waals surface area contributed by atoms with Crippen LogP contribution in [-0.2, 0) is 9.59 Å². The van der Waals surface area contributed by atoms with Crippen molar-refractivity contribution in [2.45, 2.75) is 51.1 Å². The van der Waals surface area contributed by atoms with E-state index in [1.54, 1.807) is 0 Å². The van der Waals surface area contributed by atoms with Gasteiger partial charge in [-0.25, -0.2) is 0 Å². The highest BCUT2D eigenvalue weighted by Crippen LogP contribution is 2.29. The molecule has 3 rings (SSSR count). The molecule has 0 heterocycles. The molecule has 0 spiro atoms. The van der Waals surface area contributed by atoms with E-state index in [4.69, 9.17) is 0 Å². The molecule has 30 heavy (non-hydrogen) atoms. The maximum atomic E-state index is 13.2. The molecule has 0 unspecified atom stereocenters. The Labute approximate surface area is 185 Å². The zero-order chi connectivity index (χ0) is 20.8. The number of quaternary nitrogens is 1. The number of halogens is 1. The molecule has 0 saturated heterocycles. The number of amides is 2. The summed E-state index contributed by atoms with van der Waals surface area (Å²) in [6.07, 6.45) is 2.57. The van der Waals surface area contributed by atoms with E-state index in [1.165, 1.54) is 5.56 Å². The zero-order valence-electron chi connectivity index (χ0n) is 17.7. The molecule has 0 aromatic heterocycles.